The number of aliphatic carboxylic acids is 1. The number of carboxylic acids is 1. The lowest BCUT2D eigenvalue weighted by Gasteiger charge is -2.31. The molecule has 0 saturated heterocycles. The number of nitrogens with one attached hydrogen (secondary N) is 1. The molecule has 0 aliphatic heterocycles. The normalized spacial score (nSPS) is 12.9. The van der Waals surface area contributed by atoms with Crippen molar-refractivity contribution in [3.63, 3.8) is 0 Å². The Morgan fingerprint density at radius 3 is 2.04 bits per heavy atom. The highest BCUT2D eigenvalue weighted by Gasteiger charge is 2.22. The average Bonchev–Trinajstić information content (AvgIpc) is 2.45. The minimum absolute atomic E-state index is 0.156. The number of nitrogens with zero attached hydrogens (tertiary/aromatic N) is 1. The Labute approximate surface area is 138 Å². The first kappa shape index (κ1) is 20.7. The molecule has 1 aromatic carbocycles. The van der Waals surface area contributed by atoms with E-state index in [1.807, 2.05) is 0 Å². The van der Waals surface area contributed by atoms with E-state index in [0.29, 0.717) is 11.1 Å². The third-order valence-corrected chi connectivity index (χ3v) is 3.59. The monoisotopic (exact) mass is 318 g/mol. The van der Waals surface area contributed by atoms with Crippen molar-refractivity contribution in [1.29, 1.82) is 5.26 Å². The maximum absolute atomic E-state index is 10.7. The van der Waals surface area contributed by atoms with E-state index in [0.717, 1.165) is 6.04 Å². The van der Waals surface area contributed by atoms with Crippen molar-refractivity contribution in [2.75, 3.05) is 7.05 Å². The number of hydrogen-bond donors (Lipinski definition) is 2. The van der Waals surface area contributed by atoms with Gasteiger partial charge in [-0.1, -0.05) is 24.3 Å². The second-order valence-corrected chi connectivity index (χ2v) is 6.63. The zero-order valence-electron chi connectivity index (χ0n) is 14.7. The third-order valence-electron chi connectivity index (χ3n) is 3.59. The predicted molar refractivity (Wildman–Crippen MR) is 88.9 cm³/mol. The van der Waals surface area contributed by atoms with Gasteiger partial charge < -0.3 is 15.1 Å². The Kier molecular flexibility index (Phi) is 8.06. The molecule has 0 aliphatic rings. The summed E-state index contributed by atoms with van der Waals surface area (Å²) >= 11 is 0. The zero-order valence-corrected chi connectivity index (χ0v) is 14.7. The van der Waals surface area contributed by atoms with E-state index in [2.05, 4.69) is 41.7 Å². The fraction of sp³-hybridized carbons (Fsp3) is 0.444. The second-order valence-electron chi connectivity index (χ2n) is 6.63. The van der Waals surface area contributed by atoms with Crippen LogP contribution in [0.25, 0.3) is 6.08 Å². The Bertz CT molecular complexity index is 576. The third kappa shape index (κ3) is 8.03. The van der Waals surface area contributed by atoms with Crippen LogP contribution in [0.1, 0.15) is 40.2 Å². The van der Waals surface area contributed by atoms with Gasteiger partial charge in [-0.05, 0) is 46.3 Å². The summed E-state index contributed by atoms with van der Waals surface area (Å²) in [6, 6.07) is 7.81. The van der Waals surface area contributed by atoms with Crippen molar-refractivity contribution in [3.8, 4) is 11.8 Å². The van der Waals surface area contributed by atoms with Gasteiger partial charge in [-0.3, -0.25) is 0 Å². The van der Waals surface area contributed by atoms with Crippen molar-refractivity contribution in [1.82, 2.24) is 0 Å². The molecule has 0 bridgehead atoms. The van der Waals surface area contributed by atoms with E-state index in [1.165, 1.54) is 30.3 Å². The Hall–Kier alpha value is -2.32. The van der Waals surface area contributed by atoms with Gasteiger partial charge in [0.1, 0.15) is 11.6 Å². The SMILES string of the molecule is CC(C)[NH+](C)C(C)(C)C.N#C/C(=C\c1ccc([O-])cc1)C(=O)O. The van der Waals surface area contributed by atoms with Gasteiger partial charge in [0.2, 0.25) is 0 Å². The molecule has 1 atom stereocenters. The quantitative estimate of drug-likeness (QED) is 0.652. The summed E-state index contributed by atoms with van der Waals surface area (Å²) in [4.78, 5) is 12.0. The number of carbonyl (C=O) groups is 1. The van der Waals surface area contributed by atoms with Crippen LogP contribution in [-0.4, -0.2) is 29.7 Å². The molecule has 2 N–H and O–H groups in total. The van der Waals surface area contributed by atoms with Crippen LogP contribution in [0.2, 0.25) is 0 Å². The van der Waals surface area contributed by atoms with Gasteiger partial charge >= 0.3 is 5.97 Å². The first-order valence-electron chi connectivity index (χ1n) is 7.45. The van der Waals surface area contributed by atoms with E-state index in [1.54, 1.807) is 11.0 Å². The molecule has 0 aromatic heterocycles. The first-order chi connectivity index (χ1) is 10.5. The molecule has 1 unspecified atom stereocenters. The Morgan fingerprint density at radius 2 is 1.78 bits per heavy atom. The van der Waals surface area contributed by atoms with Crippen LogP contribution < -0.4 is 10.0 Å². The number of benzene rings is 1. The average molecular weight is 318 g/mol. The Morgan fingerprint density at radius 1 is 1.30 bits per heavy atom. The lowest BCUT2D eigenvalue weighted by molar-refractivity contribution is -0.948. The smallest absolute Gasteiger partial charge is 0.346 e. The highest BCUT2D eigenvalue weighted by atomic mass is 16.4. The van der Waals surface area contributed by atoms with Gasteiger partial charge in [0.05, 0.1) is 18.6 Å². The summed E-state index contributed by atoms with van der Waals surface area (Å²) in [6.07, 6.45) is 1.21. The molecule has 5 heteroatoms. The summed E-state index contributed by atoms with van der Waals surface area (Å²) in [7, 11) is 2.24. The molecular weight excluding hydrogens is 292 g/mol. The maximum atomic E-state index is 10.7. The standard InChI is InChI=1S/C10H7NO3.C8H19N/c11-6-8(10(13)14)5-7-1-3-9(12)4-2-7;1-7(2)9(6)8(3,4)5/h1-5,12H,(H,13,14);7H,1-6H3/b8-5+;. The summed E-state index contributed by atoms with van der Waals surface area (Å²) in [5.74, 6) is -1.44. The molecule has 5 nitrogen and oxygen atoms in total. The minimum atomic E-state index is -1.28. The summed E-state index contributed by atoms with van der Waals surface area (Å²) in [5, 5.41) is 27.7. The minimum Gasteiger partial charge on any atom is -0.872 e. The van der Waals surface area contributed by atoms with Crippen molar-refractivity contribution >= 4 is 12.0 Å². The van der Waals surface area contributed by atoms with Crippen LogP contribution >= 0.6 is 0 Å². The van der Waals surface area contributed by atoms with Crippen molar-refractivity contribution < 1.29 is 19.9 Å². The summed E-state index contributed by atoms with van der Waals surface area (Å²) < 4.78 is 0. The number of nitriles is 1. The maximum Gasteiger partial charge on any atom is 0.346 e. The molecule has 0 fully saturated rings. The predicted octanol–water partition coefficient (Wildman–Crippen LogP) is 1.46. The molecule has 126 valence electrons. The number of carboxylic acid groups (broad SMARTS) is 1. The molecule has 0 spiro atoms. The number of hydrogen-bond acceptors (Lipinski definition) is 3. The van der Waals surface area contributed by atoms with Gasteiger partial charge in [-0.25, -0.2) is 4.79 Å². The molecule has 0 heterocycles. The molecular formula is C18H26N2O3. The lowest BCUT2D eigenvalue weighted by Crippen LogP contribution is -3.19. The van der Waals surface area contributed by atoms with Crippen molar-refractivity contribution in [3.05, 3.63) is 35.4 Å². The second kappa shape index (κ2) is 8.96. The zero-order chi connectivity index (χ0) is 18.2. The fourth-order valence-corrected chi connectivity index (χ4v) is 1.74. The summed E-state index contributed by atoms with van der Waals surface area (Å²) in [6.45, 7) is 11.3. The van der Waals surface area contributed by atoms with Gasteiger partial charge in [-0.15, -0.1) is 5.75 Å². The highest BCUT2D eigenvalue weighted by Crippen LogP contribution is 2.10. The van der Waals surface area contributed by atoms with E-state index in [9.17, 15) is 9.90 Å². The van der Waals surface area contributed by atoms with E-state index in [4.69, 9.17) is 10.4 Å². The van der Waals surface area contributed by atoms with E-state index >= 15 is 0 Å². The largest absolute Gasteiger partial charge is 0.872 e. The first-order valence-corrected chi connectivity index (χ1v) is 7.45. The lowest BCUT2D eigenvalue weighted by atomic mass is 10.1. The van der Waals surface area contributed by atoms with Crippen LogP contribution in [0, 0.1) is 11.3 Å². The molecule has 0 amide bonds. The number of quaternary nitrogens is 1. The van der Waals surface area contributed by atoms with Gasteiger partial charge in [-0.2, -0.15) is 5.26 Å². The molecule has 0 radical (unpaired) electrons. The van der Waals surface area contributed by atoms with E-state index in [-0.39, 0.29) is 11.3 Å². The fourth-order valence-electron chi connectivity index (χ4n) is 1.74. The van der Waals surface area contributed by atoms with Crippen LogP contribution in [-0.2, 0) is 4.79 Å². The topological polar surface area (TPSA) is 88.6 Å². The Balaban J connectivity index is 0.000000468. The van der Waals surface area contributed by atoms with Crippen molar-refractivity contribution in [2.24, 2.45) is 0 Å². The molecule has 0 saturated carbocycles. The summed E-state index contributed by atoms with van der Waals surface area (Å²) in [5.41, 5.74) is 0.556. The molecule has 1 rings (SSSR count). The van der Waals surface area contributed by atoms with Crippen LogP contribution in [0.4, 0.5) is 0 Å². The van der Waals surface area contributed by atoms with Gasteiger partial charge in [0, 0.05) is 0 Å². The van der Waals surface area contributed by atoms with Gasteiger partial charge in [0.15, 0.2) is 0 Å². The number of rotatable bonds is 3. The van der Waals surface area contributed by atoms with Crippen LogP contribution in [0.5, 0.6) is 5.75 Å². The van der Waals surface area contributed by atoms with Crippen molar-refractivity contribution in [2.45, 2.75) is 46.2 Å². The van der Waals surface area contributed by atoms with E-state index < -0.39 is 5.97 Å². The molecule has 23 heavy (non-hydrogen) atoms. The molecule has 1 aromatic rings. The van der Waals surface area contributed by atoms with Crippen LogP contribution in [0.3, 0.4) is 0 Å². The van der Waals surface area contributed by atoms with Gasteiger partial charge in [0.25, 0.3) is 0 Å². The highest BCUT2D eigenvalue weighted by molar-refractivity contribution is 5.96. The molecule has 0 aliphatic carbocycles. The van der Waals surface area contributed by atoms with Crippen LogP contribution in [0.15, 0.2) is 29.8 Å².